The van der Waals surface area contributed by atoms with Crippen LogP contribution in [0.5, 0.6) is 11.5 Å². The SMILES string of the molecule is CS(=O)(=O)N1CCc2nc(NC(=O)/C=C/c3ccc4c(c3)OCO4)sc2C1. The van der Waals surface area contributed by atoms with Gasteiger partial charge in [0.25, 0.3) is 0 Å². The lowest BCUT2D eigenvalue weighted by atomic mass is 10.2. The number of aromatic nitrogens is 1. The van der Waals surface area contributed by atoms with E-state index in [1.165, 1.54) is 28.0 Å². The Bertz CT molecular complexity index is 1030. The summed E-state index contributed by atoms with van der Waals surface area (Å²) in [4.78, 5) is 17.4. The molecule has 2 aliphatic rings. The number of fused-ring (bicyclic) bond motifs is 2. The molecule has 1 N–H and O–H groups in total. The molecular formula is C17H17N3O5S2. The van der Waals surface area contributed by atoms with Crippen molar-refractivity contribution in [3.8, 4) is 11.5 Å². The second-order valence-corrected chi connectivity index (χ2v) is 9.24. The van der Waals surface area contributed by atoms with Gasteiger partial charge in [0.1, 0.15) is 0 Å². The minimum Gasteiger partial charge on any atom is -0.454 e. The van der Waals surface area contributed by atoms with E-state index in [9.17, 15) is 13.2 Å². The molecule has 142 valence electrons. The van der Waals surface area contributed by atoms with Crippen LogP contribution in [0, 0.1) is 0 Å². The third-order valence-corrected chi connectivity index (χ3v) is 6.47. The van der Waals surface area contributed by atoms with Crippen LogP contribution in [-0.4, -0.2) is 43.2 Å². The first-order valence-corrected chi connectivity index (χ1v) is 10.9. The maximum atomic E-state index is 12.2. The van der Waals surface area contributed by atoms with E-state index in [2.05, 4.69) is 10.3 Å². The maximum absolute atomic E-state index is 12.2. The molecule has 1 aromatic carbocycles. The Balaban J connectivity index is 1.41. The van der Waals surface area contributed by atoms with E-state index in [4.69, 9.17) is 9.47 Å². The van der Waals surface area contributed by atoms with Crippen LogP contribution in [0.2, 0.25) is 0 Å². The quantitative estimate of drug-likeness (QED) is 0.777. The minimum absolute atomic E-state index is 0.203. The number of sulfonamides is 1. The largest absolute Gasteiger partial charge is 0.454 e. The molecule has 0 unspecified atom stereocenters. The van der Waals surface area contributed by atoms with Gasteiger partial charge in [0.05, 0.1) is 11.9 Å². The first-order valence-electron chi connectivity index (χ1n) is 8.21. The molecule has 1 amide bonds. The highest BCUT2D eigenvalue weighted by Crippen LogP contribution is 2.33. The van der Waals surface area contributed by atoms with E-state index >= 15 is 0 Å². The van der Waals surface area contributed by atoms with Crippen molar-refractivity contribution < 1.29 is 22.7 Å². The Labute approximate surface area is 160 Å². The van der Waals surface area contributed by atoms with Crippen LogP contribution in [0.15, 0.2) is 24.3 Å². The van der Waals surface area contributed by atoms with Gasteiger partial charge in [0, 0.05) is 30.5 Å². The van der Waals surface area contributed by atoms with E-state index in [1.807, 2.05) is 6.07 Å². The molecule has 4 rings (SSSR count). The second-order valence-electron chi connectivity index (χ2n) is 6.17. The number of ether oxygens (including phenoxy) is 2. The number of hydrogen-bond donors (Lipinski definition) is 1. The number of anilines is 1. The van der Waals surface area contributed by atoms with Crippen molar-refractivity contribution in [1.82, 2.24) is 9.29 Å². The molecule has 3 heterocycles. The lowest BCUT2D eigenvalue weighted by molar-refractivity contribution is -0.111. The van der Waals surface area contributed by atoms with Gasteiger partial charge in [0.2, 0.25) is 22.7 Å². The molecule has 2 aromatic rings. The first-order chi connectivity index (χ1) is 12.9. The zero-order chi connectivity index (χ0) is 19.0. The summed E-state index contributed by atoms with van der Waals surface area (Å²) in [6, 6.07) is 5.43. The number of amides is 1. The summed E-state index contributed by atoms with van der Waals surface area (Å²) in [6.07, 6.45) is 4.83. The highest BCUT2D eigenvalue weighted by atomic mass is 32.2. The lowest BCUT2D eigenvalue weighted by Crippen LogP contribution is -2.34. The molecule has 0 fully saturated rings. The maximum Gasteiger partial charge on any atom is 0.250 e. The monoisotopic (exact) mass is 407 g/mol. The average Bonchev–Trinajstić information content (AvgIpc) is 3.23. The summed E-state index contributed by atoms with van der Waals surface area (Å²) in [5.74, 6) is 1.03. The summed E-state index contributed by atoms with van der Waals surface area (Å²) >= 11 is 1.30. The predicted molar refractivity (Wildman–Crippen MR) is 101 cm³/mol. The zero-order valence-corrected chi connectivity index (χ0v) is 16.1. The fraction of sp³-hybridized carbons (Fsp3) is 0.294. The fourth-order valence-electron chi connectivity index (χ4n) is 2.84. The predicted octanol–water partition coefficient (Wildman–Crippen LogP) is 1.84. The number of nitrogens with one attached hydrogen (secondary N) is 1. The van der Waals surface area contributed by atoms with E-state index in [1.54, 1.807) is 18.2 Å². The number of hydrogen-bond acceptors (Lipinski definition) is 7. The van der Waals surface area contributed by atoms with Crippen LogP contribution < -0.4 is 14.8 Å². The van der Waals surface area contributed by atoms with Gasteiger partial charge >= 0.3 is 0 Å². The van der Waals surface area contributed by atoms with Crippen molar-refractivity contribution in [3.05, 3.63) is 40.4 Å². The summed E-state index contributed by atoms with van der Waals surface area (Å²) in [7, 11) is -3.23. The van der Waals surface area contributed by atoms with E-state index in [-0.39, 0.29) is 12.7 Å². The normalized spacial score (nSPS) is 16.5. The number of rotatable bonds is 4. The van der Waals surface area contributed by atoms with Crippen molar-refractivity contribution in [1.29, 1.82) is 0 Å². The van der Waals surface area contributed by atoms with Gasteiger partial charge < -0.3 is 9.47 Å². The molecule has 10 heteroatoms. The Morgan fingerprint density at radius 3 is 2.96 bits per heavy atom. The molecule has 8 nitrogen and oxygen atoms in total. The van der Waals surface area contributed by atoms with Gasteiger partial charge in [-0.3, -0.25) is 10.1 Å². The van der Waals surface area contributed by atoms with Crippen LogP contribution in [-0.2, 0) is 27.8 Å². The Kier molecular flexibility index (Phi) is 4.62. The minimum atomic E-state index is -3.23. The van der Waals surface area contributed by atoms with Gasteiger partial charge in [-0.1, -0.05) is 6.07 Å². The second kappa shape index (κ2) is 6.95. The highest BCUT2D eigenvalue weighted by Gasteiger charge is 2.26. The summed E-state index contributed by atoms with van der Waals surface area (Å²) < 4.78 is 35.3. The van der Waals surface area contributed by atoms with Gasteiger partial charge in [-0.15, -0.1) is 11.3 Å². The molecule has 1 aromatic heterocycles. The number of thiazole rings is 1. The lowest BCUT2D eigenvalue weighted by Gasteiger charge is -2.23. The van der Waals surface area contributed by atoms with Crippen molar-refractivity contribution >= 4 is 38.5 Å². The molecule has 0 atom stereocenters. The molecule has 0 bridgehead atoms. The van der Waals surface area contributed by atoms with E-state index in [0.717, 1.165) is 16.1 Å². The Morgan fingerprint density at radius 2 is 2.15 bits per heavy atom. The van der Waals surface area contributed by atoms with Crippen LogP contribution in [0.4, 0.5) is 5.13 Å². The standard InChI is InChI=1S/C17H17N3O5S2/c1-27(22,23)20-7-6-12-15(9-20)26-17(18-12)19-16(21)5-3-11-2-4-13-14(8-11)25-10-24-13/h2-5,8H,6-7,9-10H2,1H3,(H,18,19,21)/b5-3+. The van der Waals surface area contributed by atoms with Gasteiger partial charge in [-0.2, -0.15) is 4.31 Å². The molecule has 0 aliphatic carbocycles. The van der Waals surface area contributed by atoms with Crippen LogP contribution in [0.1, 0.15) is 16.1 Å². The van der Waals surface area contributed by atoms with Crippen molar-refractivity contribution in [2.75, 3.05) is 24.9 Å². The van der Waals surface area contributed by atoms with Gasteiger partial charge in [0.15, 0.2) is 16.6 Å². The fourth-order valence-corrected chi connectivity index (χ4v) is 4.74. The van der Waals surface area contributed by atoms with Crippen molar-refractivity contribution in [3.63, 3.8) is 0 Å². The highest BCUT2D eigenvalue weighted by molar-refractivity contribution is 7.88. The topological polar surface area (TPSA) is 97.8 Å². The van der Waals surface area contributed by atoms with E-state index in [0.29, 0.717) is 36.1 Å². The van der Waals surface area contributed by atoms with Crippen LogP contribution in [0.25, 0.3) is 6.08 Å². The van der Waals surface area contributed by atoms with Gasteiger partial charge in [-0.05, 0) is 23.8 Å². The molecule has 0 spiro atoms. The molecule has 0 saturated heterocycles. The van der Waals surface area contributed by atoms with Crippen molar-refractivity contribution in [2.24, 2.45) is 0 Å². The van der Waals surface area contributed by atoms with Crippen LogP contribution in [0.3, 0.4) is 0 Å². The number of benzene rings is 1. The van der Waals surface area contributed by atoms with Crippen molar-refractivity contribution in [2.45, 2.75) is 13.0 Å². The van der Waals surface area contributed by atoms with E-state index < -0.39 is 10.0 Å². The number of nitrogens with zero attached hydrogens (tertiary/aromatic N) is 2. The first kappa shape index (κ1) is 18.0. The summed E-state index contributed by atoms with van der Waals surface area (Å²) in [5, 5.41) is 3.20. The smallest absolute Gasteiger partial charge is 0.250 e. The molecule has 0 saturated carbocycles. The Hall–Kier alpha value is -2.43. The molecule has 27 heavy (non-hydrogen) atoms. The molecular weight excluding hydrogens is 390 g/mol. The third kappa shape index (κ3) is 3.97. The zero-order valence-electron chi connectivity index (χ0n) is 14.5. The average molecular weight is 407 g/mol. The van der Waals surface area contributed by atoms with Crippen LogP contribution >= 0.6 is 11.3 Å². The number of carbonyl (C=O) groups excluding carboxylic acids is 1. The summed E-state index contributed by atoms with van der Waals surface area (Å²) in [5.41, 5.74) is 1.66. The number of carbonyl (C=O) groups is 1. The molecule has 0 radical (unpaired) electrons. The summed E-state index contributed by atoms with van der Waals surface area (Å²) in [6.45, 7) is 0.913. The van der Waals surface area contributed by atoms with Gasteiger partial charge in [-0.25, -0.2) is 13.4 Å². The Morgan fingerprint density at radius 1 is 1.33 bits per heavy atom. The molecule has 2 aliphatic heterocycles. The third-order valence-electron chi connectivity index (χ3n) is 4.22.